The van der Waals surface area contributed by atoms with Crippen LogP contribution in [0.1, 0.15) is 17.3 Å². The Morgan fingerprint density at radius 2 is 2.23 bits per heavy atom. The minimum Gasteiger partial charge on any atom is -0.508 e. The fourth-order valence-electron chi connectivity index (χ4n) is 0.918. The van der Waals surface area contributed by atoms with E-state index in [1.54, 1.807) is 0 Å². The third-order valence-electron chi connectivity index (χ3n) is 1.58. The monoisotopic (exact) mass is 202 g/mol. The number of phenols is 1. The topological polar surface area (TPSA) is 37.3 Å². The standard InChI is InChI=1S/C9H8ClFO2/c1-5(10)9(13)7-3-2-6(12)4-8(7)11/h2-5,12H,1H3. The predicted octanol–water partition coefficient (Wildman–Crippen LogP) is 2.34. The molecule has 0 aromatic heterocycles. The van der Waals surface area contributed by atoms with E-state index in [4.69, 9.17) is 16.7 Å². The quantitative estimate of drug-likeness (QED) is 0.591. The van der Waals surface area contributed by atoms with E-state index < -0.39 is 17.0 Å². The third-order valence-corrected chi connectivity index (χ3v) is 1.78. The summed E-state index contributed by atoms with van der Waals surface area (Å²) in [5, 5.41) is 8.11. The van der Waals surface area contributed by atoms with Crippen LogP contribution in [0.15, 0.2) is 18.2 Å². The van der Waals surface area contributed by atoms with Gasteiger partial charge in [0.1, 0.15) is 11.6 Å². The Morgan fingerprint density at radius 3 is 2.69 bits per heavy atom. The van der Waals surface area contributed by atoms with Crippen LogP contribution in [-0.4, -0.2) is 16.3 Å². The molecule has 0 aliphatic carbocycles. The first-order valence-electron chi connectivity index (χ1n) is 3.69. The molecule has 13 heavy (non-hydrogen) atoms. The van der Waals surface area contributed by atoms with Gasteiger partial charge in [-0.05, 0) is 19.1 Å². The molecule has 0 spiro atoms. The van der Waals surface area contributed by atoms with Gasteiger partial charge in [0.2, 0.25) is 0 Å². The molecule has 0 saturated carbocycles. The van der Waals surface area contributed by atoms with Crippen LogP contribution in [-0.2, 0) is 0 Å². The maximum Gasteiger partial charge on any atom is 0.183 e. The van der Waals surface area contributed by atoms with Crippen LogP contribution in [0.4, 0.5) is 4.39 Å². The van der Waals surface area contributed by atoms with Crippen LogP contribution in [0.2, 0.25) is 0 Å². The number of aromatic hydroxyl groups is 1. The zero-order valence-electron chi connectivity index (χ0n) is 6.92. The summed E-state index contributed by atoms with van der Waals surface area (Å²) in [6, 6.07) is 3.34. The van der Waals surface area contributed by atoms with E-state index in [2.05, 4.69) is 0 Å². The number of carbonyl (C=O) groups is 1. The Balaban J connectivity index is 3.09. The summed E-state index contributed by atoms with van der Waals surface area (Å²) in [5.41, 5.74) is -0.0969. The molecule has 0 aliphatic heterocycles. The predicted molar refractivity (Wildman–Crippen MR) is 47.7 cm³/mol. The fraction of sp³-hybridized carbons (Fsp3) is 0.222. The molecule has 1 N–H and O–H groups in total. The van der Waals surface area contributed by atoms with Gasteiger partial charge in [0.15, 0.2) is 5.78 Å². The Bertz CT molecular complexity index is 336. The van der Waals surface area contributed by atoms with Gasteiger partial charge in [0.05, 0.1) is 10.9 Å². The van der Waals surface area contributed by atoms with E-state index in [1.165, 1.54) is 19.1 Å². The molecule has 1 aromatic carbocycles. The zero-order valence-corrected chi connectivity index (χ0v) is 7.68. The molecule has 1 atom stereocenters. The highest BCUT2D eigenvalue weighted by atomic mass is 35.5. The molecule has 1 unspecified atom stereocenters. The number of carbonyl (C=O) groups excluding carboxylic acids is 1. The SMILES string of the molecule is CC(Cl)C(=O)c1ccc(O)cc1F. The van der Waals surface area contributed by atoms with Gasteiger partial charge in [0.25, 0.3) is 0 Å². The molecule has 4 heteroatoms. The van der Waals surface area contributed by atoms with Crippen molar-refractivity contribution in [1.82, 2.24) is 0 Å². The number of phenolic OH excluding ortho intramolecular Hbond substituents is 1. The largest absolute Gasteiger partial charge is 0.508 e. The normalized spacial score (nSPS) is 12.5. The highest BCUT2D eigenvalue weighted by Crippen LogP contribution is 2.17. The first-order valence-corrected chi connectivity index (χ1v) is 4.13. The van der Waals surface area contributed by atoms with Crippen molar-refractivity contribution in [1.29, 1.82) is 0 Å². The van der Waals surface area contributed by atoms with E-state index >= 15 is 0 Å². The van der Waals surface area contributed by atoms with Gasteiger partial charge in [-0.15, -0.1) is 11.6 Å². The van der Waals surface area contributed by atoms with Crippen molar-refractivity contribution in [2.75, 3.05) is 0 Å². The van der Waals surface area contributed by atoms with Gasteiger partial charge in [-0.3, -0.25) is 4.79 Å². The molecule has 0 fully saturated rings. The van der Waals surface area contributed by atoms with Crippen LogP contribution in [0.5, 0.6) is 5.75 Å². The van der Waals surface area contributed by atoms with Crippen molar-refractivity contribution in [2.45, 2.75) is 12.3 Å². The Labute approximate surface area is 80.0 Å². The smallest absolute Gasteiger partial charge is 0.183 e. The zero-order chi connectivity index (χ0) is 10.0. The van der Waals surface area contributed by atoms with Crippen LogP contribution in [0.25, 0.3) is 0 Å². The summed E-state index contributed by atoms with van der Waals surface area (Å²) in [7, 11) is 0. The second-order valence-corrected chi connectivity index (χ2v) is 3.30. The summed E-state index contributed by atoms with van der Waals surface area (Å²) in [5.74, 6) is -1.45. The van der Waals surface area contributed by atoms with Crippen molar-refractivity contribution in [3.8, 4) is 5.75 Å². The summed E-state index contributed by atoms with van der Waals surface area (Å²) >= 11 is 5.50. The Kier molecular flexibility index (Phi) is 2.88. The first kappa shape index (κ1) is 9.99. The van der Waals surface area contributed by atoms with E-state index in [0.29, 0.717) is 0 Å². The van der Waals surface area contributed by atoms with E-state index in [0.717, 1.165) is 6.07 Å². The van der Waals surface area contributed by atoms with Crippen LogP contribution < -0.4 is 0 Å². The summed E-state index contributed by atoms with van der Waals surface area (Å²) in [6.45, 7) is 1.47. The fourth-order valence-corrected chi connectivity index (χ4v) is 1.04. The first-order chi connectivity index (χ1) is 6.02. The molecule has 0 saturated heterocycles. The summed E-state index contributed by atoms with van der Waals surface area (Å²) in [4.78, 5) is 11.2. The Morgan fingerprint density at radius 1 is 1.62 bits per heavy atom. The highest BCUT2D eigenvalue weighted by molar-refractivity contribution is 6.33. The number of benzene rings is 1. The van der Waals surface area contributed by atoms with Crippen molar-refractivity contribution in [3.05, 3.63) is 29.6 Å². The molecule has 0 heterocycles. The van der Waals surface area contributed by atoms with Crippen molar-refractivity contribution in [2.24, 2.45) is 0 Å². The van der Waals surface area contributed by atoms with E-state index in [-0.39, 0.29) is 11.3 Å². The number of hydrogen-bond donors (Lipinski definition) is 1. The second-order valence-electron chi connectivity index (χ2n) is 2.64. The molecule has 1 rings (SSSR count). The highest BCUT2D eigenvalue weighted by Gasteiger charge is 2.16. The van der Waals surface area contributed by atoms with Crippen molar-refractivity contribution < 1.29 is 14.3 Å². The number of rotatable bonds is 2. The van der Waals surface area contributed by atoms with E-state index in [1.807, 2.05) is 0 Å². The minimum absolute atomic E-state index is 0.0969. The lowest BCUT2D eigenvalue weighted by molar-refractivity contribution is 0.0988. The maximum atomic E-state index is 13.0. The van der Waals surface area contributed by atoms with Crippen molar-refractivity contribution >= 4 is 17.4 Å². The average molecular weight is 203 g/mol. The number of halogens is 2. The second kappa shape index (κ2) is 3.75. The number of alkyl halides is 1. The molecule has 0 amide bonds. The van der Waals surface area contributed by atoms with E-state index in [9.17, 15) is 9.18 Å². The molecule has 1 aromatic rings. The third kappa shape index (κ3) is 2.18. The summed E-state index contributed by atoms with van der Waals surface area (Å²) in [6.07, 6.45) is 0. The van der Waals surface area contributed by atoms with Crippen LogP contribution in [0, 0.1) is 5.82 Å². The summed E-state index contributed by atoms with van der Waals surface area (Å²) < 4.78 is 13.0. The number of Topliss-reactive ketones (excluding diaryl/α,β-unsaturated/α-hetero) is 1. The van der Waals surface area contributed by atoms with Crippen LogP contribution >= 0.6 is 11.6 Å². The molecular weight excluding hydrogens is 195 g/mol. The molecule has 0 radical (unpaired) electrons. The lowest BCUT2D eigenvalue weighted by atomic mass is 10.1. The van der Waals surface area contributed by atoms with Gasteiger partial charge >= 0.3 is 0 Å². The van der Waals surface area contributed by atoms with Crippen LogP contribution in [0.3, 0.4) is 0 Å². The minimum atomic E-state index is -0.765. The molecule has 0 bridgehead atoms. The number of ketones is 1. The lowest BCUT2D eigenvalue weighted by Crippen LogP contribution is -2.12. The van der Waals surface area contributed by atoms with Gasteiger partial charge < -0.3 is 5.11 Å². The van der Waals surface area contributed by atoms with Crippen molar-refractivity contribution in [3.63, 3.8) is 0 Å². The molecule has 70 valence electrons. The van der Waals surface area contributed by atoms with Gasteiger partial charge in [-0.1, -0.05) is 0 Å². The molecular formula is C9H8ClFO2. The maximum absolute atomic E-state index is 13.0. The van der Waals surface area contributed by atoms with Gasteiger partial charge in [-0.25, -0.2) is 4.39 Å². The lowest BCUT2D eigenvalue weighted by Gasteiger charge is -2.03. The van der Waals surface area contributed by atoms with Gasteiger partial charge in [0, 0.05) is 6.07 Å². The Hall–Kier alpha value is -1.09. The molecule has 0 aliphatic rings. The molecule has 2 nitrogen and oxygen atoms in total. The van der Waals surface area contributed by atoms with Gasteiger partial charge in [-0.2, -0.15) is 0 Å². The number of hydrogen-bond acceptors (Lipinski definition) is 2. The average Bonchev–Trinajstić information content (AvgIpc) is 2.03.